The Morgan fingerprint density at radius 2 is 2.00 bits per heavy atom. The first-order valence-corrected chi connectivity index (χ1v) is 5.67. The van der Waals surface area contributed by atoms with Gasteiger partial charge in [-0.15, -0.1) is 0 Å². The van der Waals surface area contributed by atoms with Crippen molar-refractivity contribution in [3.05, 3.63) is 65.5 Å². The summed E-state index contributed by atoms with van der Waals surface area (Å²) in [5, 5.41) is 0. The van der Waals surface area contributed by atoms with Crippen LogP contribution >= 0.6 is 0 Å². The molecular weight excluding hydrogens is 247 g/mol. The highest BCUT2D eigenvalue weighted by Crippen LogP contribution is 2.14. The fraction of sp³-hybridized carbons (Fsp3) is 0.0714. The Bertz CT molecular complexity index is 587. The second-order valence-corrected chi connectivity index (χ2v) is 3.92. The van der Waals surface area contributed by atoms with Gasteiger partial charge in [-0.2, -0.15) is 0 Å². The van der Waals surface area contributed by atoms with Crippen LogP contribution in [0.4, 0.5) is 4.39 Å². The van der Waals surface area contributed by atoms with Crippen LogP contribution in [0.3, 0.4) is 0 Å². The van der Waals surface area contributed by atoms with Crippen LogP contribution in [0.15, 0.2) is 48.5 Å². The molecule has 0 unspecified atom stereocenters. The summed E-state index contributed by atoms with van der Waals surface area (Å²) in [5.74, 6) is 4.78. The molecule has 0 aromatic heterocycles. The Morgan fingerprint density at radius 3 is 2.74 bits per heavy atom. The standard InChI is InChI=1S/C14H13FN2O2/c15-12-5-2-6-13(8-12)19-9-10-3-1-4-11(7-10)14(18)17-16/h1-8H,9,16H2,(H,17,18). The fourth-order valence-corrected chi connectivity index (χ4v) is 1.61. The van der Waals surface area contributed by atoms with Crippen molar-refractivity contribution in [3.8, 4) is 5.75 Å². The number of hydrazine groups is 1. The number of rotatable bonds is 4. The van der Waals surface area contributed by atoms with Crippen LogP contribution < -0.4 is 16.0 Å². The molecule has 0 bridgehead atoms. The van der Waals surface area contributed by atoms with E-state index in [4.69, 9.17) is 10.6 Å². The topological polar surface area (TPSA) is 64.3 Å². The number of amides is 1. The van der Waals surface area contributed by atoms with Crippen LogP contribution in [0.5, 0.6) is 5.75 Å². The maximum atomic E-state index is 13.0. The zero-order chi connectivity index (χ0) is 13.7. The highest BCUT2D eigenvalue weighted by Gasteiger charge is 2.04. The zero-order valence-corrected chi connectivity index (χ0v) is 10.1. The van der Waals surface area contributed by atoms with Crippen LogP contribution in [-0.4, -0.2) is 5.91 Å². The number of nitrogens with one attached hydrogen (secondary N) is 1. The van der Waals surface area contributed by atoms with Gasteiger partial charge in [0.25, 0.3) is 5.91 Å². The van der Waals surface area contributed by atoms with E-state index < -0.39 is 0 Å². The molecule has 0 aliphatic heterocycles. The van der Waals surface area contributed by atoms with Gasteiger partial charge in [0, 0.05) is 11.6 Å². The highest BCUT2D eigenvalue weighted by atomic mass is 19.1. The van der Waals surface area contributed by atoms with E-state index in [9.17, 15) is 9.18 Å². The van der Waals surface area contributed by atoms with Crippen molar-refractivity contribution in [1.29, 1.82) is 0 Å². The lowest BCUT2D eigenvalue weighted by molar-refractivity contribution is 0.0953. The summed E-state index contributed by atoms with van der Waals surface area (Å²) in [4.78, 5) is 11.4. The zero-order valence-electron chi connectivity index (χ0n) is 10.1. The van der Waals surface area contributed by atoms with E-state index in [0.29, 0.717) is 11.3 Å². The third-order valence-electron chi connectivity index (χ3n) is 2.52. The first kappa shape index (κ1) is 13.0. The molecule has 0 radical (unpaired) electrons. The number of carbonyl (C=O) groups excluding carboxylic acids is 1. The predicted molar refractivity (Wildman–Crippen MR) is 68.8 cm³/mol. The molecule has 0 aliphatic rings. The largest absolute Gasteiger partial charge is 0.489 e. The molecule has 2 rings (SSSR count). The molecule has 98 valence electrons. The average molecular weight is 260 g/mol. The van der Waals surface area contributed by atoms with Crippen molar-refractivity contribution in [2.75, 3.05) is 0 Å². The van der Waals surface area contributed by atoms with Gasteiger partial charge in [-0.3, -0.25) is 10.2 Å². The molecule has 5 heteroatoms. The Hall–Kier alpha value is -2.40. The molecular formula is C14H13FN2O2. The average Bonchev–Trinajstić information content (AvgIpc) is 2.45. The summed E-state index contributed by atoms with van der Waals surface area (Å²) < 4.78 is 18.4. The van der Waals surface area contributed by atoms with Crippen LogP contribution in [-0.2, 0) is 6.61 Å². The van der Waals surface area contributed by atoms with Gasteiger partial charge in [0.2, 0.25) is 0 Å². The van der Waals surface area contributed by atoms with Gasteiger partial charge in [-0.1, -0.05) is 18.2 Å². The minimum atomic E-state index is -0.368. The second-order valence-electron chi connectivity index (χ2n) is 3.92. The molecule has 0 spiro atoms. The maximum absolute atomic E-state index is 13.0. The van der Waals surface area contributed by atoms with Gasteiger partial charge in [0.1, 0.15) is 18.2 Å². The molecule has 2 aromatic carbocycles. The van der Waals surface area contributed by atoms with Gasteiger partial charge in [0.05, 0.1) is 0 Å². The van der Waals surface area contributed by atoms with Gasteiger partial charge in [0.15, 0.2) is 0 Å². The summed E-state index contributed by atoms with van der Waals surface area (Å²) >= 11 is 0. The normalized spacial score (nSPS) is 10.0. The number of nitrogen functional groups attached to an aromatic ring is 1. The maximum Gasteiger partial charge on any atom is 0.265 e. The lowest BCUT2D eigenvalue weighted by Crippen LogP contribution is -2.30. The van der Waals surface area contributed by atoms with Crippen molar-refractivity contribution in [3.63, 3.8) is 0 Å². The minimum Gasteiger partial charge on any atom is -0.489 e. The van der Waals surface area contributed by atoms with Crippen molar-refractivity contribution >= 4 is 5.91 Å². The number of halogens is 1. The van der Waals surface area contributed by atoms with Crippen molar-refractivity contribution in [2.45, 2.75) is 6.61 Å². The summed E-state index contributed by atoms with van der Waals surface area (Å²) in [5.41, 5.74) is 3.30. The monoisotopic (exact) mass is 260 g/mol. The number of carbonyl (C=O) groups is 1. The van der Waals surface area contributed by atoms with E-state index in [1.165, 1.54) is 12.1 Å². The summed E-state index contributed by atoms with van der Waals surface area (Å²) in [6.07, 6.45) is 0. The van der Waals surface area contributed by atoms with Crippen LogP contribution in [0, 0.1) is 5.82 Å². The number of hydrogen-bond donors (Lipinski definition) is 2. The first-order valence-electron chi connectivity index (χ1n) is 5.67. The molecule has 0 saturated heterocycles. The molecule has 0 saturated carbocycles. The predicted octanol–water partition coefficient (Wildman–Crippen LogP) is 2.01. The van der Waals surface area contributed by atoms with E-state index in [-0.39, 0.29) is 18.3 Å². The van der Waals surface area contributed by atoms with Crippen molar-refractivity contribution in [2.24, 2.45) is 5.84 Å². The van der Waals surface area contributed by atoms with Gasteiger partial charge < -0.3 is 4.74 Å². The third kappa shape index (κ3) is 3.53. The van der Waals surface area contributed by atoms with Crippen molar-refractivity contribution in [1.82, 2.24) is 5.43 Å². The number of benzene rings is 2. The molecule has 1 amide bonds. The Labute approximate surface area is 110 Å². The van der Waals surface area contributed by atoms with Crippen LogP contribution in [0.1, 0.15) is 15.9 Å². The van der Waals surface area contributed by atoms with Crippen LogP contribution in [0.25, 0.3) is 0 Å². The van der Waals surface area contributed by atoms with Gasteiger partial charge in [-0.25, -0.2) is 10.2 Å². The Morgan fingerprint density at radius 1 is 1.21 bits per heavy atom. The summed E-state index contributed by atoms with van der Waals surface area (Å²) in [6, 6.07) is 12.7. The molecule has 2 aromatic rings. The SMILES string of the molecule is NNC(=O)c1cccc(COc2cccc(F)c2)c1. The van der Waals surface area contributed by atoms with E-state index in [1.807, 2.05) is 6.07 Å². The van der Waals surface area contributed by atoms with Gasteiger partial charge >= 0.3 is 0 Å². The number of hydrogen-bond acceptors (Lipinski definition) is 3. The molecule has 0 atom stereocenters. The van der Waals surface area contributed by atoms with E-state index >= 15 is 0 Å². The smallest absolute Gasteiger partial charge is 0.265 e. The molecule has 0 aliphatic carbocycles. The third-order valence-corrected chi connectivity index (χ3v) is 2.52. The second kappa shape index (κ2) is 5.97. The first-order chi connectivity index (χ1) is 9.19. The Kier molecular flexibility index (Phi) is 4.10. The fourth-order valence-electron chi connectivity index (χ4n) is 1.61. The lowest BCUT2D eigenvalue weighted by atomic mass is 10.1. The summed E-state index contributed by atoms with van der Waals surface area (Å²) in [6.45, 7) is 0.245. The molecule has 4 nitrogen and oxygen atoms in total. The lowest BCUT2D eigenvalue weighted by Gasteiger charge is -2.07. The Balaban J connectivity index is 2.05. The van der Waals surface area contributed by atoms with E-state index in [2.05, 4.69) is 5.43 Å². The van der Waals surface area contributed by atoms with E-state index in [1.54, 1.807) is 30.3 Å². The van der Waals surface area contributed by atoms with E-state index in [0.717, 1.165) is 5.56 Å². The van der Waals surface area contributed by atoms with Crippen LogP contribution in [0.2, 0.25) is 0 Å². The minimum absolute atomic E-state index is 0.245. The van der Waals surface area contributed by atoms with Crippen molar-refractivity contribution < 1.29 is 13.9 Å². The number of nitrogens with two attached hydrogens (primary N) is 1. The number of ether oxygens (including phenoxy) is 1. The molecule has 0 fully saturated rings. The molecule has 19 heavy (non-hydrogen) atoms. The molecule has 3 N–H and O–H groups in total. The summed E-state index contributed by atoms with van der Waals surface area (Å²) in [7, 11) is 0. The van der Waals surface area contributed by atoms with Gasteiger partial charge in [-0.05, 0) is 29.8 Å². The highest BCUT2D eigenvalue weighted by molar-refractivity contribution is 5.93. The quantitative estimate of drug-likeness (QED) is 0.502. The molecule has 0 heterocycles.